The van der Waals surface area contributed by atoms with Gasteiger partial charge in [-0.25, -0.2) is 0 Å². The Morgan fingerprint density at radius 2 is 2.00 bits per heavy atom. The number of ether oxygens (including phenoxy) is 3. The first-order chi connectivity index (χ1) is 8.79. The van der Waals surface area contributed by atoms with Crippen molar-refractivity contribution in [2.75, 3.05) is 33.5 Å². The van der Waals surface area contributed by atoms with Gasteiger partial charge in [0.2, 0.25) is 0 Å². The molecule has 102 valence electrons. The summed E-state index contributed by atoms with van der Waals surface area (Å²) in [5.74, 6) is 0.757. The van der Waals surface area contributed by atoms with E-state index in [4.69, 9.17) is 25.8 Å². The molecule has 0 radical (unpaired) electrons. The van der Waals surface area contributed by atoms with Crippen molar-refractivity contribution in [3.8, 4) is 5.75 Å². The topological polar surface area (TPSA) is 27.7 Å². The highest BCUT2D eigenvalue weighted by molar-refractivity contribution is 9.08. The molecule has 1 aromatic rings. The number of alkyl halides is 1. The summed E-state index contributed by atoms with van der Waals surface area (Å²) in [5, 5.41) is 1.38. The van der Waals surface area contributed by atoms with Crippen LogP contribution in [0.1, 0.15) is 12.0 Å². The highest BCUT2D eigenvalue weighted by Gasteiger charge is 2.06. The molecule has 18 heavy (non-hydrogen) atoms. The average molecular weight is 338 g/mol. The van der Waals surface area contributed by atoms with E-state index in [1.807, 2.05) is 18.2 Å². The highest BCUT2D eigenvalue weighted by atomic mass is 79.9. The molecular formula is C13H18BrClO3. The van der Waals surface area contributed by atoms with Crippen LogP contribution in [0.4, 0.5) is 0 Å². The first kappa shape index (κ1) is 15.8. The number of methoxy groups -OCH3 is 1. The number of benzene rings is 1. The van der Waals surface area contributed by atoms with E-state index >= 15 is 0 Å². The number of para-hydroxylation sites is 1. The van der Waals surface area contributed by atoms with E-state index in [2.05, 4.69) is 15.9 Å². The van der Waals surface area contributed by atoms with Crippen LogP contribution in [-0.2, 0) is 14.8 Å². The van der Waals surface area contributed by atoms with Crippen molar-refractivity contribution >= 4 is 27.5 Å². The fourth-order valence-electron chi connectivity index (χ4n) is 1.40. The van der Waals surface area contributed by atoms with E-state index in [1.165, 1.54) is 0 Å². The van der Waals surface area contributed by atoms with Crippen molar-refractivity contribution in [3.63, 3.8) is 0 Å². The number of hydrogen-bond donors (Lipinski definition) is 0. The molecule has 3 nitrogen and oxygen atoms in total. The second kappa shape index (κ2) is 9.62. The maximum absolute atomic E-state index is 6.10. The third-order valence-electron chi connectivity index (χ3n) is 2.30. The minimum Gasteiger partial charge on any atom is -0.492 e. The van der Waals surface area contributed by atoms with Gasteiger partial charge in [0.25, 0.3) is 0 Å². The van der Waals surface area contributed by atoms with Crippen molar-refractivity contribution in [1.29, 1.82) is 0 Å². The van der Waals surface area contributed by atoms with Crippen LogP contribution in [0.2, 0.25) is 5.02 Å². The van der Waals surface area contributed by atoms with Crippen LogP contribution in [0.15, 0.2) is 18.2 Å². The summed E-state index contributed by atoms with van der Waals surface area (Å²) >= 11 is 9.51. The van der Waals surface area contributed by atoms with Crippen LogP contribution < -0.4 is 4.74 Å². The molecule has 1 rings (SSSR count). The molecule has 0 aromatic heterocycles. The van der Waals surface area contributed by atoms with Gasteiger partial charge in [-0.2, -0.15) is 0 Å². The van der Waals surface area contributed by atoms with Crippen molar-refractivity contribution in [3.05, 3.63) is 28.8 Å². The second-order valence-electron chi connectivity index (χ2n) is 3.67. The normalized spacial score (nSPS) is 10.6. The van der Waals surface area contributed by atoms with Crippen LogP contribution in [0, 0.1) is 0 Å². The zero-order chi connectivity index (χ0) is 13.2. The Morgan fingerprint density at radius 3 is 2.72 bits per heavy atom. The molecule has 0 bridgehead atoms. The first-order valence-corrected chi connectivity index (χ1v) is 7.32. The number of rotatable bonds is 9. The largest absolute Gasteiger partial charge is 0.492 e. The minimum absolute atomic E-state index is 0.594. The first-order valence-electron chi connectivity index (χ1n) is 5.82. The van der Waals surface area contributed by atoms with E-state index in [0.717, 1.165) is 23.1 Å². The average Bonchev–Trinajstić information content (AvgIpc) is 2.39. The highest BCUT2D eigenvalue weighted by Crippen LogP contribution is 2.30. The summed E-state index contributed by atoms with van der Waals surface area (Å²) in [6.07, 6.45) is 0.830. The molecular weight excluding hydrogens is 319 g/mol. The van der Waals surface area contributed by atoms with Gasteiger partial charge >= 0.3 is 0 Å². The summed E-state index contributed by atoms with van der Waals surface area (Å²) in [4.78, 5) is 0. The van der Waals surface area contributed by atoms with E-state index in [9.17, 15) is 0 Å². The summed E-state index contributed by atoms with van der Waals surface area (Å²) in [7, 11) is 1.66. The third-order valence-corrected chi connectivity index (χ3v) is 3.21. The maximum Gasteiger partial charge on any atom is 0.141 e. The zero-order valence-corrected chi connectivity index (χ0v) is 12.8. The smallest absolute Gasteiger partial charge is 0.141 e. The Hall–Kier alpha value is -0.290. The lowest BCUT2D eigenvalue weighted by molar-refractivity contribution is 0.0644. The summed E-state index contributed by atoms with van der Waals surface area (Å²) in [5.41, 5.74) is 1.06. The van der Waals surface area contributed by atoms with Crippen LogP contribution in [0.25, 0.3) is 0 Å². The Morgan fingerprint density at radius 1 is 1.17 bits per heavy atom. The van der Waals surface area contributed by atoms with E-state index < -0.39 is 0 Å². The molecule has 0 heterocycles. The number of halogens is 2. The van der Waals surface area contributed by atoms with Crippen molar-refractivity contribution in [2.24, 2.45) is 0 Å². The van der Waals surface area contributed by atoms with Gasteiger partial charge < -0.3 is 14.2 Å². The van der Waals surface area contributed by atoms with Crippen LogP contribution in [-0.4, -0.2) is 33.5 Å². The predicted octanol–water partition coefficient (Wildman–Crippen LogP) is 3.67. The van der Waals surface area contributed by atoms with E-state index in [-0.39, 0.29) is 0 Å². The summed E-state index contributed by atoms with van der Waals surface area (Å²) < 4.78 is 15.9. The fraction of sp³-hybridized carbons (Fsp3) is 0.538. The SMILES string of the molecule is COCCOCCCOc1c(Cl)cccc1CBr. The fourth-order valence-corrected chi connectivity index (χ4v) is 2.09. The van der Waals surface area contributed by atoms with Gasteiger partial charge in [-0.15, -0.1) is 0 Å². The Kier molecular flexibility index (Phi) is 8.42. The molecule has 0 N–H and O–H groups in total. The van der Waals surface area contributed by atoms with Crippen LogP contribution >= 0.6 is 27.5 Å². The lowest BCUT2D eigenvalue weighted by atomic mass is 10.2. The molecule has 0 spiro atoms. The molecule has 1 aromatic carbocycles. The second-order valence-corrected chi connectivity index (χ2v) is 4.64. The molecule has 0 saturated carbocycles. The van der Waals surface area contributed by atoms with Gasteiger partial charge in [-0.1, -0.05) is 39.7 Å². The quantitative estimate of drug-likeness (QED) is 0.508. The monoisotopic (exact) mass is 336 g/mol. The standard InChI is InChI=1S/C13H18BrClO3/c1-16-8-9-17-6-3-7-18-13-11(10-14)4-2-5-12(13)15/h2,4-5H,3,6-10H2,1H3. The summed E-state index contributed by atoms with van der Waals surface area (Å²) in [6, 6.07) is 5.74. The molecule has 0 aliphatic rings. The summed E-state index contributed by atoms with van der Waals surface area (Å²) in [6.45, 7) is 2.50. The zero-order valence-electron chi connectivity index (χ0n) is 10.5. The van der Waals surface area contributed by atoms with E-state index in [1.54, 1.807) is 7.11 Å². The molecule has 0 saturated heterocycles. The molecule has 5 heteroatoms. The van der Waals surface area contributed by atoms with Gasteiger partial charge in [-0.3, -0.25) is 0 Å². The van der Waals surface area contributed by atoms with Crippen molar-refractivity contribution in [2.45, 2.75) is 11.8 Å². The molecule has 0 aliphatic carbocycles. The lowest BCUT2D eigenvalue weighted by Crippen LogP contribution is -2.07. The van der Waals surface area contributed by atoms with Gasteiger partial charge in [0, 0.05) is 31.0 Å². The molecule has 0 fully saturated rings. The van der Waals surface area contributed by atoms with Crippen LogP contribution in [0.3, 0.4) is 0 Å². The lowest BCUT2D eigenvalue weighted by Gasteiger charge is -2.11. The molecule has 0 amide bonds. The Labute approximate surface area is 121 Å². The molecule has 0 aliphatic heterocycles. The predicted molar refractivity (Wildman–Crippen MR) is 76.9 cm³/mol. The minimum atomic E-state index is 0.594. The Balaban J connectivity index is 2.26. The van der Waals surface area contributed by atoms with E-state index in [0.29, 0.717) is 31.5 Å². The van der Waals surface area contributed by atoms with Gasteiger partial charge in [0.05, 0.1) is 24.8 Å². The van der Waals surface area contributed by atoms with Crippen LogP contribution in [0.5, 0.6) is 5.75 Å². The maximum atomic E-state index is 6.10. The molecule has 0 atom stereocenters. The Bertz CT molecular complexity index is 347. The van der Waals surface area contributed by atoms with Gasteiger partial charge in [0.1, 0.15) is 5.75 Å². The van der Waals surface area contributed by atoms with Gasteiger partial charge in [-0.05, 0) is 6.07 Å². The molecule has 0 unspecified atom stereocenters. The van der Waals surface area contributed by atoms with Crippen molar-refractivity contribution < 1.29 is 14.2 Å². The third kappa shape index (κ3) is 5.57. The van der Waals surface area contributed by atoms with Crippen molar-refractivity contribution in [1.82, 2.24) is 0 Å². The van der Waals surface area contributed by atoms with Gasteiger partial charge in [0.15, 0.2) is 0 Å². The number of hydrogen-bond acceptors (Lipinski definition) is 3.